The van der Waals surface area contributed by atoms with E-state index in [0.29, 0.717) is 5.02 Å². The minimum absolute atomic E-state index is 0.682. The highest BCUT2D eigenvalue weighted by molar-refractivity contribution is 6.31. The predicted molar refractivity (Wildman–Crippen MR) is 81.2 cm³/mol. The summed E-state index contributed by atoms with van der Waals surface area (Å²) in [5.41, 5.74) is 3.14. The summed E-state index contributed by atoms with van der Waals surface area (Å²) < 4.78 is 5.41. The highest BCUT2D eigenvalue weighted by Gasteiger charge is 2.11. The molecule has 2 aromatic carbocycles. The molecule has 0 amide bonds. The van der Waals surface area contributed by atoms with Crippen molar-refractivity contribution in [2.45, 2.75) is 6.54 Å². The summed E-state index contributed by atoms with van der Waals surface area (Å²) in [6.45, 7) is 0.728. The average Bonchev–Trinajstić information content (AvgIpc) is 2.39. The molecule has 0 atom stereocenters. The van der Waals surface area contributed by atoms with E-state index in [4.69, 9.17) is 27.9 Å². The smallest absolute Gasteiger partial charge is 0.126 e. The molecule has 2 nitrogen and oxygen atoms in total. The largest absolute Gasteiger partial charge is 0.496 e. The van der Waals surface area contributed by atoms with E-state index < -0.39 is 0 Å². The second-order valence-electron chi connectivity index (χ2n) is 4.18. The van der Waals surface area contributed by atoms with Gasteiger partial charge in [-0.15, -0.1) is 0 Å². The van der Waals surface area contributed by atoms with E-state index in [0.717, 1.165) is 34.0 Å². The summed E-state index contributed by atoms with van der Waals surface area (Å²) >= 11 is 12.1. The number of rotatable bonds is 4. The van der Waals surface area contributed by atoms with Gasteiger partial charge in [0.1, 0.15) is 5.75 Å². The molecule has 100 valence electrons. The monoisotopic (exact) mass is 295 g/mol. The topological polar surface area (TPSA) is 21.3 Å². The molecule has 0 aromatic heterocycles. The summed E-state index contributed by atoms with van der Waals surface area (Å²) in [7, 11) is 3.56. The maximum Gasteiger partial charge on any atom is 0.126 e. The number of nitrogens with one attached hydrogen (secondary N) is 1. The maximum absolute atomic E-state index is 6.09. The van der Waals surface area contributed by atoms with Crippen molar-refractivity contribution in [2.75, 3.05) is 14.2 Å². The lowest BCUT2D eigenvalue weighted by Crippen LogP contribution is -2.06. The molecule has 0 aliphatic heterocycles. The Morgan fingerprint density at radius 1 is 1.00 bits per heavy atom. The number of methoxy groups -OCH3 is 1. The third kappa shape index (κ3) is 3.21. The van der Waals surface area contributed by atoms with Crippen LogP contribution in [-0.4, -0.2) is 14.2 Å². The zero-order chi connectivity index (χ0) is 13.8. The first kappa shape index (κ1) is 14.2. The van der Waals surface area contributed by atoms with Gasteiger partial charge in [-0.3, -0.25) is 0 Å². The van der Waals surface area contributed by atoms with Crippen LogP contribution in [0.1, 0.15) is 5.56 Å². The highest BCUT2D eigenvalue weighted by atomic mass is 35.5. The summed E-state index contributed by atoms with van der Waals surface area (Å²) in [4.78, 5) is 0. The van der Waals surface area contributed by atoms with Gasteiger partial charge in [0.25, 0.3) is 0 Å². The van der Waals surface area contributed by atoms with Crippen molar-refractivity contribution in [3.8, 4) is 16.9 Å². The van der Waals surface area contributed by atoms with Crippen molar-refractivity contribution in [1.29, 1.82) is 0 Å². The highest BCUT2D eigenvalue weighted by Crippen LogP contribution is 2.35. The van der Waals surface area contributed by atoms with Gasteiger partial charge in [-0.25, -0.2) is 0 Å². The van der Waals surface area contributed by atoms with Gasteiger partial charge < -0.3 is 10.1 Å². The van der Waals surface area contributed by atoms with Crippen molar-refractivity contribution in [2.24, 2.45) is 0 Å². The van der Waals surface area contributed by atoms with Crippen LogP contribution in [0, 0.1) is 0 Å². The Kier molecular flexibility index (Phi) is 4.70. The fourth-order valence-electron chi connectivity index (χ4n) is 2.05. The lowest BCUT2D eigenvalue weighted by atomic mass is 9.98. The van der Waals surface area contributed by atoms with Crippen LogP contribution in [0.5, 0.6) is 5.75 Å². The Morgan fingerprint density at radius 3 is 2.37 bits per heavy atom. The van der Waals surface area contributed by atoms with Crippen molar-refractivity contribution < 1.29 is 4.74 Å². The molecule has 0 fully saturated rings. The molecule has 0 bridgehead atoms. The molecule has 4 heteroatoms. The Labute approximate surface area is 123 Å². The Morgan fingerprint density at radius 2 is 1.68 bits per heavy atom. The second-order valence-corrected chi connectivity index (χ2v) is 5.05. The third-order valence-corrected chi connectivity index (χ3v) is 3.36. The second kappa shape index (κ2) is 6.29. The first-order chi connectivity index (χ1) is 9.15. The predicted octanol–water partition coefficient (Wildman–Crippen LogP) is 4.39. The zero-order valence-corrected chi connectivity index (χ0v) is 12.3. The molecule has 2 aromatic rings. The van der Waals surface area contributed by atoms with E-state index in [9.17, 15) is 0 Å². The van der Waals surface area contributed by atoms with Crippen LogP contribution in [0.4, 0.5) is 0 Å². The van der Waals surface area contributed by atoms with Gasteiger partial charge in [0.15, 0.2) is 0 Å². The quantitative estimate of drug-likeness (QED) is 0.903. The molecule has 0 aliphatic rings. The van der Waals surface area contributed by atoms with Gasteiger partial charge in [-0.1, -0.05) is 29.3 Å². The summed E-state index contributed by atoms with van der Waals surface area (Å²) in [5, 5.41) is 4.54. The van der Waals surface area contributed by atoms with Crippen LogP contribution in [0.25, 0.3) is 11.1 Å². The summed E-state index contributed by atoms with van der Waals surface area (Å²) in [6.07, 6.45) is 0. The van der Waals surface area contributed by atoms with Gasteiger partial charge in [0.05, 0.1) is 7.11 Å². The number of benzene rings is 2. The minimum atomic E-state index is 0.682. The van der Waals surface area contributed by atoms with Crippen molar-refractivity contribution in [1.82, 2.24) is 5.32 Å². The van der Waals surface area contributed by atoms with Gasteiger partial charge in [-0.05, 0) is 48.5 Å². The number of ether oxygens (including phenoxy) is 1. The molecule has 1 N–H and O–H groups in total. The SMILES string of the molecule is CNCc1cc(Cl)ccc1-c1cc(Cl)ccc1OC. The summed E-state index contributed by atoms with van der Waals surface area (Å²) in [5.74, 6) is 0.795. The molecule has 0 radical (unpaired) electrons. The average molecular weight is 296 g/mol. The first-order valence-electron chi connectivity index (χ1n) is 5.92. The fourth-order valence-corrected chi connectivity index (χ4v) is 2.42. The molecule has 0 unspecified atom stereocenters. The molecule has 0 aliphatic carbocycles. The van der Waals surface area contributed by atoms with Crippen LogP contribution >= 0.6 is 23.2 Å². The van der Waals surface area contributed by atoms with Crippen LogP contribution in [0.2, 0.25) is 10.0 Å². The molecular formula is C15H15Cl2NO. The van der Waals surface area contributed by atoms with E-state index >= 15 is 0 Å². The number of hydrogen-bond acceptors (Lipinski definition) is 2. The van der Waals surface area contributed by atoms with Gasteiger partial charge >= 0.3 is 0 Å². The maximum atomic E-state index is 6.09. The summed E-state index contributed by atoms with van der Waals surface area (Å²) in [6, 6.07) is 11.4. The van der Waals surface area contributed by atoms with Gasteiger partial charge in [0, 0.05) is 22.2 Å². The van der Waals surface area contributed by atoms with E-state index in [-0.39, 0.29) is 0 Å². The molecule has 0 saturated carbocycles. The van der Waals surface area contributed by atoms with Crippen LogP contribution in [0.3, 0.4) is 0 Å². The van der Waals surface area contributed by atoms with Crippen molar-refractivity contribution >= 4 is 23.2 Å². The van der Waals surface area contributed by atoms with Crippen LogP contribution in [0.15, 0.2) is 36.4 Å². The minimum Gasteiger partial charge on any atom is -0.496 e. The van der Waals surface area contributed by atoms with Crippen molar-refractivity contribution in [3.05, 3.63) is 52.0 Å². The van der Waals surface area contributed by atoms with Gasteiger partial charge in [-0.2, -0.15) is 0 Å². The third-order valence-electron chi connectivity index (χ3n) is 2.89. The molecule has 0 spiro atoms. The van der Waals surface area contributed by atoms with E-state index in [1.807, 2.05) is 43.4 Å². The van der Waals surface area contributed by atoms with Crippen LogP contribution < -0.4 is 10.1 Å². The number of hydrogen-bond donors (Lipinski definition) is 1. The molecule has 2 rings (SSSR count). The first-order valence-corrected chi connectivity index (χ1v) is 6.68. The van der Waals surface area contributed by atoms with E-state index in [2.05, 4.69) is 5.32 Å². The van der Waals surface area contributed by atoms with E-state index in [1.165, 1.54) is 0 Å². The molecule has 0 saturated heterocycles. The van der Waals surface area contributed by atoms with Crippen LogP contribution in [-0.2, 0) is 6.54 Å². The lowest BCUT2D eigenvalue weighted by Gasteiger charge is -2.14. The normalized spacial score (nSPS) is 10.5. The molecule has 0 heterocycles. The Hall–Kier alpha value is -1.22. The fraction of sp³-hybridized carbons (Fsp3) is 0.200. The number of halogens is 2. The molecular weight excluding hydrogens is 281 g/mol. The lowest BCUT2D eigenvalue weighted by molar-refractivity contribution is 0.416. The standard InChI is InChI=1S/C15H15Cl2NO/c1-18-9-10-7-11(16)3-5-13(10)14-8-12(17)4-6-15(14)19-2/h3-8,18H,9H2,1-2H3. The Bertz CT molecular complexity index is 584. The van der Waals surface area contributed by atoms with Gasteiger partial charge in [0.2, 0.25) is 0 Å². The molecule has 19 heavy (non-hydrogen) atoms. The Balaban J connectivity index is 2.60. The zero-order valence-electron chi connectivity index (χ0n) is 10.8. The van der Waals surface area contributed by atoms with Crippen molar-refractivity contribution in [3.63, 3.8) is 0 Å². The van der Waals surface area contributed by atoms with E-state index in [1.54, 1.807) is 7.11 Å².